The number of rotatable bonds is 4. The summed E-state index contributed by atoms with van der Waals surface area (Å²) in [5, 5.41) is 3.04. The molecule has 4 nitrogen and oxygen atoms in total. The van der Waals surface area contributed by atoms with Crippen molar-refractivity contribution < 1.29 is 14.3 Å². The first-order valence-corrected chi connectivity index (χ1v) is 5.30. The zero-order valence-electron chi connectivity index (χ0n) is 9.23. The first-order valence-electron chi connectivity index (χ1n) is 5.30. The third-order valence-corrected chi connectivity index (χ3v) is 2.63. The highest BCUT2D eigenvalue weighted by Gasteiger charge is 2.26. The van der Waals surface area contributed by atoms with E-state index in [-0.39, 0.29) is 11.9 Å². The highest BCUT2D eigenvalue weighted by Crippen LogP contribution is 2.14. The van der Waals surface area contributed by atoms with Gasteiger partial charge in [-0.3, -0.25) is 4.79 Å². The van der Waals surface area contributed by atoms with Gasteiger partial charge in [-0.25, -0.2) is 0 Å². The summed E-state index contributed by atoms with van der Waals surface area (Å²) in [4.78, 5) is 11.5. The molecule has 16 heavy (non-hydrogen) atoms. The SMILES string of the molecule is COc1cccc(COC(=O)C2CNC2)c1. The van der Waals surface area contributed by atoms with Gasteiger partial charge in [0.15, 0.2) is 0 Å². The van der Waals surface area contributed by atoms with E-state index in [1.54, 1.807) is 7.11 Å². The summed E-state index contributed by atoms with van der Waals surface area (Å²) in [5.41, 5.74) is 0.944. The molecule has 1 aromatic carbocycles. The molecule has 0 aliphatic carbocycles. The van der Waals surface area contributed by atoms with E-state index in [4.69, 9.17) is 9.47 Å². The highest BCUT2D eigenvalue weighted by molar-refractivity contribution is 5.74. The fraction of sp³-hybridized carbons (Fsp3) is 0.417. The predicted octanol–water partition coefficient (Wildman–Crippen LogP) is 0.958. The molecule has 0 radical (unpaired) electrons. The maximum absolute atomic E-state index is 11.5. The number of carbonyl (C=O) groups excluding carboxylic acids is 1. The molecule has 1 aromatic rings. The standard InChI is InChI=1S/C12H15NO3/c1-15-11-4-2-3-9(5-11)8-16-12(14)10-6-13-7-10/h2-5,10,13H,6-8H2,1H3. The molecule has 0 amide bonds. The van der Waals surface area contributed by atoms with Crippen molar-refractivity contribution in [2.45, 2.75) is 6.61 Å². The van der Waals surface area contributed by atoms with Crippen molar-refractivity contribution in [3.8, 4) is 5.75 Å². The van der Waals surface area contributed by atoms with E-state index in [1.807, 2.05) is 24.3 Å². The average Bonchev–Trinajstić information content (AvgIpc) is 2.24. The van der Waals surface area contributed by atoms with Crippen LogP contribution < -0.4 is 10.1 Å². The van der Waals surface area contributed by atoms with Crippen LogP contribution in [0.3, 0.4) is 0 Å². The van der Waals surface area contributed by atoms with E-state index >= 15 is 0 Å². The lowest BCUT2D eigenvalue weighted by atomic mass is 10.0. The molecule has 0 unspecified atom stereocenters. The number of methoxy groups -OCH3 is 1. The molecular formula is C12H15NO3. The number of ether oxygens (including phenoxy) is 2. The Balaban J connectivity index is 1.86. The average molecular weight is 221 g/mol. The molecule has 1 aliphatic heterocycles. The fourth-order valence-electron chi connectivity index (χ4n) is 1.49. The van der Waals surface area contributed by atoms with Crippen LogP contribution in [0.2, 0.25) is 0 Å². The lowest BCUT2D eigenvalue weighted by Gasteiger charge is -2.24. The smallest absolute Gasteiger partial charge is 0.311 e. The molecule has 0 spiro atoms. The van der Waals surface area contributed by atoms with Gasteiger partial charge >= 0.3 is 5.97 Å². The highest BCUT2D eigenvalue weighted by atomic mass is 16.5. The van der Waals surface area contributed by atoms with E-state index in [1.165, 1.54) is 0 Å². The van der Waals surface area contributed by atoms with Crippen LogP contribution in [0.15, 0.2) is 24.3 Å². The van der Waals surface area contributed by atoms with Crippen LogP contribution in [0.4, 0.5) is 0 Å². The number of hydrogen-bond donors (Lipinski definition) is 1. The van der Waals surface area contributed by atoms with E-state index in [0.29, 0.717) is 6.61 Å². The number of esters is 1. The first kappa shape index (κ1) is 11.0. The molecule has 4 heteroatoms. The fourth-order valence-corrected chi connectivity index (χ4v) is 1.49. The quantitative estimate of drug-likeness (QED) is 0.769. The molecule has 86 valence electrons. The van der Waals surface area contributed by atoms with Crippen LogP contribution >= 0.6 is 0 Å². The Kier molecular flexibility index (Phi) is 3.41. The van der Waals surface area contributed by atoms with Gasteiger partial charge in [0.2, 0.25) is 0 Å². The van der Waals surface area contributed by atoms with Crippen LogP contribution in [0.25, 0.3) is 0 Å². The third-order valence-electron chi connectivity index (χ3n) is 2.63. The van der Waals surface area contributed by atoms with Crippen LogP contribution in [-0.4, -0.2) is 26.2 Å². The minimum atomic E-state index is -0.124. The Bertz CT molecular complexity index is 374. The number of nitrogens with one attached hydrogen (secondary N) is 1. The van der Waals surface area contributed by atoms with E-state index in [0.717, 1.165) is 24.4 Å². The normalized spacial score (nSPS) is 15.3. The second-order valence-electron chi connectivity index (χ2n) is 3.81. The molecule has 0 bridgehead atoms. The van der Waals surface area contributed by atoms with Crippen molar-refractivity contribution in [1.29, 1.82) is 0 Å². The van der Waals surface area contributed by atoms with Gasteiger partial charge in [0.1, 0.15) is 12.4 Å². The zero-order chi connectivity index (χ0) is 11.4. The van der Waals surface area contributed by atoms with Crippen molar-refractivity contribution in [3.63, 3.8) is 0 Å². The van der Waals surface area contributed by atoms with Gasteiger partial charge in [-0.05, 0) is 17.7 Å². The van der Waals surface area contributed by atoms with Gasteiger partial charge in [-0.15, -0.1) is 0 Å². The molecular weight excluding hydrogens is 206 g/mol. The molecule has 1 saturated heterocycles. The number of benzene rings is 1. The number of hydrogen-bond acceptors (Lipinski definition) is 4. The Hall–Kier alpha value is -1.55. The van der Waals surface area contributed by atoms with E-state index < -0.39 is 0 Å². The lowest BCUT2D eigenvalue weighted by molar-refractivity contribution is -0.151. The summed E-state index contributed by atoms with van der Waals surface area (Å²) in [6, 6.07) is 7.52. The Morgan fingerprint density at radius 1 is 1.50 bits per heavy atom. The summed E-state index contributed by atoms with van der Waals surface area (Å²) < 4.78 is 10.3. The largest absolute Gasteiger partial charge is 0.497 e. The molecule has 2 rings (SSSR count). The molecule has 1 aliphatic rings. The summed E-state index contributed by atoms with van der Waals surface area (Å²) in [6.07, 6.45) is 0. The summed E-state index contributed by atoms with van der Waals surface area (Å²) in [6.45, 7) is 1.78. The van der Waals surface area contributed by atoms with Crippen molar-refractivity contribution in [2.75, 3.05) is 20.2 Å². The minimum absolute atomic E-state index is 0.0330. The summed E-state index contributed by atoms with van der Waals surface area (Å²) in [5.74, 6) is 0.686. The molecule has 1 fully saturated rings. The molecule has 0 saturated carbocycles. The molecule has 0 aromatic heterocycles. The first-order chi connectivity index (χ1) is 7.79. The predicted molar refractivity (Wildman–Crippen MR) is 59.1 cm³/mol. The second-order valence-corrected chi connectivity index (χ2v) is 3.81. The maximum atomic E-state index is 11.5. The van der Waals surface area contributed by atoms with Gasteiger partial charge in [0.25, 0.3) is 0 Å². The molecule has 0 atom stereocenters. The Labute approximate surface area is 94.6 Å². The van der Waals surface area contributed by atoms with Gasteiger partial charge in [-0.1, -0.05) is 12.1 Å². The topological polar surface area (TPSA) is 47.6 Å². The zero-order valence-corrected chi connectivity index (χ0v) is 9.23. The van der Waals surface area contributed by atoms with E-state index in [2.05, 4.69) is 5.32 Å². The van der Waals surface area contributed by atoms with Crippen LogP contribution in [0.1, 0.15) is 5.56 Å². The third kappa shape index (κ3) is 2.52. The second kappa shape index (κ2) is 4.99. The monoisotopic (exact) mass is 221 g/mol. The van der Waals surface area contributed by atoms with Crippen LogP contribution in [0.5, 0.6) is 5.75 Å². The van der Waals surface area contributed by atoms with Crippen molar-refractivity contribution in [2.24, 2.45) is 5.92 Å². The van der Waals surface area contributed by atoms with Crippen molar-refractivity contribution >= 4 is 5.97 Å². The van der Waals surface area contributed by atoms with Gasteiger partial charge in [0, 0.05) is 13.1 Å². The Morgan fingerprint density at radius 3 is 2.94 bits per heavy atom. The molecule has 1 N–H and O–H groups in total. The summed E-state index contributed by atoms with van der Waals surface area (Å²) >= 11 is 0. The number of carbonyl (C=O) groups is 1. The lowest BCUT2D eigenvalue weighted by Crippen LogP contribution is -2.47. The minimum Gasteiger partial charge on any atom is -0.497 e. The molecule has 1 heterocycles. The van der Waals surface area contributed by atoms with Gasteiger partial charge in [0.05, 0.1) is 13.0 Å². The van der Waals surface area contributed by atoms with Gasteiger partial charge < -0.3 is 14.8 Å². The maximum Gasteiger partial charge on any atom is 0.311 e. The van der Waals surface area contributed by atoms with E-state index in [9.17, 15) is 4.79 Å². The summed E-state index contributed by atoms with van der Waals surface area (Å²) in [7, 11) is 1.62. The van der Waals surface area contributed by atoms with Crippen LogP contribution in [0, 0.1) is 5.92 Å². The Morgan fingerprint density at radius 2 is 2.31 bits per heavy atom. The van der Waals surface area contributed by atoms with Crippen molar-refractivity contribution in [1.82, 2.24) is 5.32 Å². The van der Waals surface area contributed by atoms with Crippen LogP contribution in [-0.2, 0) is 16.1 Å². The van der Waals surface area contributed by atoms with Crippen molar-refractivity contribution in [3.05, 3.63) is 29.8 Å². The van der Waals surface area contributed by atoms with Gasteiger partial charge in [-0.2, -0.15) is 0 Å².